The fraction of sp³-hybridized carbons (Fsp3) is 0.125. The molecule has 1 aromatic heterocycles. The van der Waals surface area contributed by atoms with Gasteiger partial charge in [0.25, 0.3) is 0 Å². The Morgan fingerprint density at radius 1 is 1.00 bits per heavy atom. The lowest BCUT2D eigenvalue weighted by Crippen LogP contribution is -2.39. The van der Waals surface area contributed by atoms with Gasteiger partial charge in [-0.3, -0.25) is 9.69 Å². The number of halogens is 3. The van der Waals surface area contributed by atoms with Gasteiger partial charge < -0.3 is 10.5 Å². The number of ketones is 1. The lowest BCUT2D eigenvalue weighted by Gasteiger charge is -2.39. The summed E-state index contributed by atoms with van der Waals surface area (Å²) in [6.45, 7) is 0. The van der Waals surface area contributed by atoms with Gasteiger partial charge >= 0.3 is 0 Å². The summed E-state index contributed by atoms with van der Waals surface area (Å²) >= 11 is 6.28. The predicted octanol–water partition coefficient (Wildman–Crippen LogP) is 7.14. The van der Waals surface area contributed by atoms with Crippen molar-refractivity contribution in [1.82, 2.24) is 4.98 Å². The second-order valence-corrected chi connectivity index (χ2v) is 10.3. The predicted molar refractivity (Wildman–Crippen MR) is 152 cm³/mol. The van der Waals surface area contributed by atoms with E-state index in [1.165, 1.54) is 4.90 Å². The molecule has 0 amide bonds. The highest BCUT2D eigenvalue weighted by molar-refractivity contribution is 6.31. The average molecular weight is 580 g/mol. The molecule has 2 aliphatic rings. The Labute approximate surface area is 244 Å². The van der Waals surface area contributed by atoms with Crippen LogP contribution in [-0.4, -0.2) is 10.8 Å². The zero-order valence-electron chi connectivity index (χ0n) is 21.9. The Balaban J connectivity index is 1.61. The van der Waals surface area contributed by atoms with Gasteiger partial charge in [0.05, 0.1) is 40.4 Å². The maximum Gasteiger partial charge on any atom is 0.224 e. The van der Waals surface area contributed by atoms with Crippen molar-refractivity contribution in [1.29, 1.82) is 10.5 Å². The van der Waals surface area contributed by atoms with Crippen LogP contribution in [0.5, 0.6) is 11.6 Å². The second-order valence-electron chi connectivity index (χ2n) is 9.87. The van der Waals surface area contributed by atoms with Crippen LogP contribution in [0.1, 0.15) is 36.3 Å². The molecule has 1 aliphatic carbocycles. The Kier molecular flexibility index (Phi) is 6.82. The van der Waals surface area contributed by atoms with Crippen molar-refractivity contribution in [3.8, 4) is 23.8 Å². The third-order valence-corrected chi connectivity index (χ3v) is 7.58. The number of carbonyl (C=O) groups is 1. The normalized spacial score (nSPS) is 16.7. The molecule has 4 aromatic rings. The Morgan fingerprint density at radius 2 is 1.79 bits per heavy atom. The number of rotatable bonds is 4. The van der Waals surface area contributed by atoms with Crippen molar-refractivity contribution in [2.75, 3.05) is 4.90 Å². The first-order valence-corrected chi connectivity index (χ1v) is 13.4. The molecule has 0 saturated heterocycles. The van der Waals surface area contributed by atoms with E-state index < -0.39 is 17.6 Å². The topological polar surface area (TPSA) is 116 Å². The van der Waals surface area contributed by atoms with Crippen LogP contribution in [0.25, 0.3) is 10.9 Å². The first kappa shape index (κ1) is 26.9. The molecular weight excluding hydrogens is 560 g/mol. The number of Topliss-reactive ketones (excluding diaryl/α,β-unsaturated/α-hetero) is 1. The minimum Gasteiger partial charge on any atom is -0.439 e. The first-order chi connectivity index (χ1) is 20.3. The molecule has 7 nitrogen and oxygen atoms in total. The standard InChI is InChI=1S/C32H20ClF2N5O2/c33-19-6-11-25-18(12-19)13-22(32(39-25)42-21-8-4-17(15-36)5-9-21)29-23(16-37)31(38)40(26-2-1-3-28(41)30(26)29)27-14-20(34)7-10-24(27)35/h4-14,29H,1-3,38H2. The molecule has 206 valence electrons. The lowest BCUT2D eigenvalue weighted by molar-refractivity contribution is -0.116. The molecule has 0 fully saturated rings. The van der Waals surface area contributed by atoms with Gasteiger partial charge in [-0.2, -0.15) is 10.5 Å². The second kappa shape index (κ2) is 10.6. The summed E-state index contributed by atoms with van der Waals surface area (Å²) in [7, 11) is 0. The summed E-state index contributed by atoms with van der Waals surface area (Å²) in [4.78, 5) is 19.6. The van der Waals surface area contributed by atoms with E-state index >= 15 is 4.39 Å². The molecule has 1 aliphatic heterocycles. The highest BCUT2D eigenvalue weighted by Gasteiger charge is 2.42. The van der Waals surface area contributed by atoms with Gasteiger partial charge in [0.1, 0.15) is 23.2 Å². The Morgan fingerprint density at radius 3 is 2.52 bits per heavy atom. The van der Waals surface area contributed by atoms with Crippen LogP contribution in [0.2, 0.25) is 5.02 Å². The van der Waals surface area contributed by atoms with Crippen molar-refractivity contribution in [2.45, 2.75) is 25.2 Å². The van der Waals surface area contributed by atoms with Crippen molar-refractivity contribution >= 4 is 34.0 Å². The van der Waals surface area contributed by atoms with Crippen LogP contribution in [0.3, 0.4) is 0 Å². The van der Waals surface area contributed by atoms with Crippen molar-refractivity contribution in [3.63, 3.8) is 0 Å². The fourth-order valence-electron chi connectivity index (χ4n) is 5.47. The maximum atomic E-state index is 15.1. The van der Waals surface area contributed by atoms with E-state index in [0.717, 1.165) is 18.2 Å². The number of carbonyl (C=O) groups excluding carboxylic acids is 1. The molecule has 0 saturated carbocycles. The number of benzene rings is 3. The van der Waals surface area contributed by atoms with Crippen molar-refractivity contribution in [3.05, 3.63) is 117 Å². The van der Waals surface area contributed by atoms with Crippen LogP contribution < -0.4 is 15.4 Å². The SMILES string of the molecule is N#CC1=C(N)N(c2cc(F)ccc2F)C2=C(C(=O)CCC2)C1c1cc2cc(Cl)ccc2nc1Oc1ccc(C#N)cc1. The number of anilines is 1. The molecule has 0 bridgehead atoms. The summed E-state index contributed by atoms with van der Waals surface area (Å²) < 4.78 is 35.6. The van der Waals surface area contributed by atoms with E-state index in [0.29, 0.717) is 51.3 Å². The Hall–Kier alpha value is -5.25. The molecule has 6 rings (SSSR count). The van der Waals surface area contributed by atoms with Crippen molar-refractivity contribution in [2.24, 2.45) is 5.73 Å². The van der Waals surface area contributed by atoms with E-state index in [9.17, 15) is 19.7 Å². The van der Waals surface area contributed by atoms with E-state index in [-0.39, 0.29) is 40.7 Å². The number of aromatic nitrogens is 1. The third-order valence-electron chi connectivity index (χ3n) is 7.34. The summed E-state index contributed by atoms with van der Waals surface area (Å²) in [5.74, 6) is -2.36. The fourth-order valence-corrected chi connectivity index (χ4v) is 5.65. The number of hydrogen-bond acceptors (Lipinski definition) is 7. The average Bonchev–Trinajstić information content (AvgIpc) is 2.98. The molecule has 0 spiro atoms. The maximum absolute atomic E-state index is 15.1. The molecule has 1 unspecified atom stereocenters. The number of pyridine rings is 1. The van der Waals surface area contributed by atoms with Gasteiger partial charge in [0, 0.05) is 39.7 Å². The largest absolute Gasteiger partial charge is 0.439 e. The lowest BCUT2D eigenvalue weighted by atomic mass is 9.75. The van der Waals surface area contributed by atoms with E-state index in [1.807, 2.05) is 0 Å². The van der Waals surface area contributed by atoms with Crippen LogP contribution in [0.4, 0.5) is 14.5 Å². The highest BCUT2D eigenvalue weighted by Crippen LogP contribution is 2.49. The summed E-state index contributed by atoms with van der Waals surface area (Å²) in [5, 5.41) is 20.7. The summed E-state index contributed by atoms with van der Waals surface area (Å²) in [5.41, 5.74) is 8.31. The molecule has 0 radical (unpaired) electrons. The van der Waals surface area contributed by atoms with Gasteiger partial charge in [-0.1, -0.05) is 11.6 Å². The zero-order chi connectivity index (χ0) is 29.5. The molecular formula is C32H20ClF2N5O2. The third kappa shape index (κ3) is 4.60. The number of nitrogens with two attached hydrogens (primary N) is 1. The molecule has 3 aromatic carbocycles. The van der Waals surface area contributed by atoms with E-state index in [4.69, 9.17) is 27.1 Å². The Bertz CT molecular complexity index is 1940. The van der Waals surface area contributed by atoms with E-state index in [1.54, 1.807) is 48.5 Å². The highest BCUT2D eigenvalue weighted by atomic mass is 35.5. The number of nitrogens with zero attached hydrogens (tertiary/aromatic N) is 4. The van der Waals surface area contributed by atoms with Gasteiger partial charge in [0.2, 0.25) is 5.88 Å². The van der Waals surface area contributed by atoms with Gasteiger partial charge in [-0.25, -0.2) is 13.8 Å². The number of nitriles is 2. The number of fused-ring (bicyclic) bond motifs is 1. The van der Waals surface area contributed by atoms with E-state index in [2.05, 4.69) is 12.1 Å². The van der Waals surface area contributed by atoms with Crippen LogP contribution >= 0.6 is 11.6 Å². The summed E-state index contributed by atoms with van der Waals surface area (Å²) in [6, 6.07) is 20.3. The number of hydrogen-bond donors (Lipinski definition) is 1. The van der Waals surface area contributed by atoms with Crippen LogP contribution in [-0.2, 0) is 4.79 Å². The quantitative estimate of drug-likeness (QED) is 0.273. The molecule has 1 atom stereocenters. The van der Waals surface area contributed by atoms with Gasteiger partial charge in [-0.05, 0) is 73.5 Å². The zero-order valence-corrected chi connectivity index (χ0v) is 22.6. The van der Waals surface area contributed by atoms with Gasteiger partial charge in [0.15, 0.2) is 5.78 Å². The number of allylic oxidation sites excluding steroid dienone is 3. The monoisotopic (exact) mass is 579 g/mol. The van der Waals surface area contributed by atoms with Crippen LogP contribution in [0.15, 0.2) is 89.4 Å². The molecule has 2 N–H and O–H groups in total. The van der Waals surface area contributed by atoms with Gasteiger partial charge in [-0.15, -0.1) is 0 Å². The van der Waals surface area contributed by atoms with Crippen LogP contribution in [0, 0.1) is 34.3 Å². The smallest absolute Gasteiger partial charge is 0.224 e. The number of ether oxygens (including phenoxy) is 1. The molecule has 42 heavy (non-hydrogen) atoms. The minimum absolute atomic E-state index is 0.0412. The minimum atomic E-state index is -1.00. The molecule has 10 heteroatoms. The molecule has 2 heterocycles. The summed E-state index contributed by atoms with van der Waals surface area (Å²) in [6.07, 6.45) is 1.00. The van der Waals surface area contributed by atoms with Crippen molar-refractivity contribution < 1.29 is 18.3 Å². The first-order valence-electron chi connectivity index (χ1n) is 13.0.